The Balaban J connectivity index is 1.47. The van der Waals surface area contributed by atoms with Gasteiger partial charge in [-0.25, -0.2) is 0 Å². The molecule has 3 aromatic rings. The van der Waals surface area contributed by atoms with Crippen molar-refractivity contribution in [2.75, 3.05) is 0 Å². The molecule has 0 unspecified atom stereocenters. The highest BCUT2D eigenvalue weighted by atomic mass is 16.5. The Bertz CT molecular complexity index is 1030. The van der Waals surface area contributed by atoms with E-state index < -0.39 is 6.10 Å². The van der Waals surface area contributed by atoms with Gasteiger partial charge in [0, 0.05) is 0 Å². The van der Waals surface area contributed by atoms with E-state index in [1.807, 2.05) is 37.3 Å². The summed E-state index contributed by atoms with van der Waals surface area (Å²) in [5.41, 5.74) is 4.12. The third kappa shape index (κ3) is 4.51. The monoisotopic (exact) mass is 401 g/mol. The van der Waals surface area contributed by atoms with E-state index in [1.165, 1.54) is 41.3 Å². The van der Waals surface area contributed by atoms with Crippen LogP contribution in [0.5, 0.6) is 5.75 Å². The van der Waals surface area contributed by atoms with Crippen molar-refractivity contribution in [3.63, 3.8) is 0 Å². The molecule has 1 aliphatic carbocycles. The normalized spacial score (nSPS) is 15.3. The van der Waals surface area contributed by atoms with Crippen molar-refractivity contribution >= 4 is 16.7 Å². The lowest BCUT2D eigenvalue weighted by Gasteiger charge is -2.24. The number of aryl methyl sites for hydroxylation is 2. The van der Waals surface area contributed by atoms with E-state index in [4.69, 9.17) is 4.74 Å². The number of benzene rings is 3. The van der Waals surface area contributed by atoms with Crippen molar-refractivity contribution in [3.8, 4) is 5.75 Å². The maximum Gasteiger partial charge on any atom is 0.261 e. The Hall–Kier alpha value is -2.81. The standard InChI is InChI=1S/C27H31NO2/c1-3-25(23-14-13-19-9-5-7-11-21(19)17-23)28-27(29)26(4-2)30-24-16-15-20-10-6-8-12-22(20)18-24/h6,8,10,12-18,25-26H,3-5,7,9,11H2,1-2H3,(H,28,29)/t25-,26+/m1/s1. The summed E-state index contributed by atoms with van der Waals surface area (Å²) >= 11 is 0. The molecular formula is C27H31NO2. The first kappa shape index (κ1) is 20.5. The summed E-state index contributed by atoms with van der Waals surface area (Å²) in [7, 11) is 0. The molecule has 3 heteroatoms. The topological polar surface area (TPSA) is 38.3 Å². The van der Waals surface area contributed by atoms with Crippen LogP contribution in [0.25, 0.3) is 10.8 Å². The van der Waals surface area contributed by atoms with Gasteiger partial charge in [-0.3, -0.25) is 4.79 Å². The zero-order chi connectivity index (χ0) is 20.9. The van der Waals surface area contributed by atoms with Gasteiger partial charge < -0.3 is 10.1 Å². The average Bonchev–Trinajstić information content (AvgIpc) is 2.80. The summed E-state index contributed by atoms with van der Waals surface area (Å²) in [4.78, 5) is 13.0. The third-order valence-electron chi connectivity index (χ3n) is 6.16. The molecule has 0 spiro atoms. The van der Waals surface area contributed by atoms with Gasteiger partial charge >= 0.3 is 0 Å². The maximum atomic E-state index is 13.0. The van der Waals surface area contributed by atoms with Crippen LogP contribution in [0, 0.1) is 0 Å². The summed E-state index contributed by atoms with van der Waals surface area (Å²) in [6.45, 7) is 4.11. The van der Waals surface area contributed by atoms with Gasteiger partial charge in [-0.1, -0.05) is 62.4 Å². The number of carbonyl (C=O) groups is 1. The SMILES string of the molecule is CC[C@H](Oc1ccc2ccccc2c1)C(=O)N[C@H](CC)c1ccc2c(c1)CCCC2. The van der Waals surface area contributed by atoms with E-state index in [0.29, 0.717) is 6.42 Å². The molecule has 0 radical (unpaired) electrons. The van der Waals surface area contributed by atoms with E-state index in [-0.39, 0.29) is 11.9 Å². The molecule has 1 aliphatic rings. The first-order valence-electron chi connectivity index (χ1n) is 11.3. The van der Waals surface area contributed by atoms with Crippen LogP contribution < -0.4 is 10.1 Å². The summed E-state index contributed by atoms with van der Waals surface area (Å²) in [5, 5.41) is 5.52. The van der Waals surface area contributed by atoms with Gasteiger partial charge in [-0.05, 0) is 78.1 Å². The average molecular weight is 402 g/mol. The highest BCUT2D eigenvalue weighted by Gasteiger charge is 2.23. The number of ether oxygens (including phenoxy) is 1. The Morgan fingerprint density at radius 1 is 0.900 bits per heavy atom. The molecule has 4 rings (SSSR count). The molecule has 30 heavy (non-hydrogen) atoms. The molecule has 0 saturated heterocycles. The number of nitrogens with one attached hydrogen (secondary N) is 1. The van der Waals surface area contributed by atoms with Crippen LogP contribution >= 0.6 is 0 Å². The summed E-state index contributed by atoms with van der Waals surface area (Å²) in [5.74, 6) is 0.688. The smallest absolute Gasteiger partial charge is 0.261 e. The number of hydrogen-bond donors (Lipinski definition) is 1. The lowest BCUT2D eigenvalue weighted by molar-refractivity contribution is -0.128. The minimum atomic E-state index is -0.502. The number of carbonyl (C=O) groups excluding carboxylic acids is 1. The highest BCUT2D eigenvalue weighted by Crippen LogP contribution is 2.27. The number of rotatable bonds is 7. The van der Waals surface area contributed by atoms with Gasteiger partial charge in [-0.2, -0.15) is 0 Å². The Morgan fingerprint density at radius 2 is 1.67 bits per heavy atom. The quantitative estimate of drug-likeness (QED) is 0.516. The predicted octanol–water partition coefficient (Wildman–Crippen LogP) is 6.14. The number of hydrogen-bond acceptors (Lipinski definition) is 2. The van der Waals surface area contributed by atoms with E-state index in [2.05, 4.69) is 42.6 Å². The fourth-order valence-electron chi connectivity index (χ4n) is 4.38. The second-order valence-corrected chi connectivity index (χ2v) is 8.23. The molecule has 2 atom stereocenters. The Labute approximate surface area is 179 Å². The van der Waals surface area contributed by atoms with Crippen molar-refractivity contribution < 1.29 is 9.53 Å². The second-order valence-electron chi connectivity index (χ2n) is 8.23. The fourth-order valence-corrected chi connectivity index (χ4v) is 4.38. The van der Waals surface area contributed by atoms with E-state index in [0.717, 1.165) is 24.0 Å². The molecule has 1 N–H and O–H groups in total. The van der Waals surface area contributed by atoms with Crippen LogP contribution in [0.15, 0.2) is 60.7 Å². The first-order chi connectivity index (χ1) is 14.7. The minimum absolute atomic E-state index is 0.0129. The van der Waals surface area contributed by atoms with Crippen molar-refractivity contribution in [2.24, 2.45) is 0 Å². The minimum Gasteiger partial charge on any atom is -0.481 e. The lowest BCUT2D eigenvalue weighted by atomic mass is 9.88. The van der Waals surface area contributed by atoms with Gasteiger partial charge in [0.05, 0.1) is 6.04 Å². The zero-order valence-electron chi connectivity index (χ0n) is 18.0. The van der Waals surface area contributed by atoms with Crippen LogP contribution in [0.1, 0.15) is 62.3 Å². The van der Waals surface area contributed by atoms with Gasteiger partial charge in [0.25, 0.3) is 5.91 Å². The molecule has 3 aromatic carbocycles. The molecule has 1 amide bonds. The molecule has 0 aromatic heterocycles. The van der Waals surface area contributed by atoms with Gasteiger partial charge in [0.15, 0.2) is 6.10 Å². The Kier molecular flexibility index (Phi) is 6.37. The van der Waals surface area contributed by atoms with Gasteiger partial charge in [-0.15, -0.1) is 0 Å². The zero-order valence-corrected chi connectivity index (χ0v) is 18.0. The summed E-state index contributed by atoms with van der Waals surface area (Å²) in [6, 6.07) is 20.9. The third-order valence-corrected chi connectivity index (χ3v) is 6.16. The Morgan fingerprint density at radius 3 is 2.43 bits per heavy atom. The fraction of sp³-hybridized carbons (Fsp3) is 0.370. The molecule has 0 aliphatic heterocycles. The second kappa shape index (κ2) is 9.34. The van der Waals surface area contributed by atoms with E-state index in [9.17, 15) is 4.79 Å². The molecule has 0 saturated carbocycles. The van der Waals surface area contributed by atoms with Gasteiger partial charge in [0.1, 0.15) is 5.75 Å². The number of amides is 1. The molecule has 0 fully saturated rings. The number of fused-ring (bicyclic) bond motifs is 2. The van der Waals surface area contributed by atoms with Crippen LogP contribution in [-0.2, 0) is 17.6 Å². The van der Waals surface area contributed by atoms with Crippen LogP contribution in [0.2, 0.25) is 0 Å². The molecule has 0 bridgehead atoms. The molecule has 156 valence electrons. The van der Waals surface area contributed by atoms with Crippen molar-refractivity contribution in [1.82, 2.24) is 5.32 Å². The largest absolute Gasteiger partial charge is 0.481 e. The van der Waals surface area contributed by atoms with Crippen molar-refractivity contribution in [2.45, 2.75) is 64.5 Å². The van der Waals surface area contributed by atoms with Crippen LogP contribution in [0.4, 0.5) is 0 Å². The van der Waals surface area contributed by atoms with E-state index in [1.54, 1.807) is 0 Å². The predicted molar refractivity (Wildman–Crippen MR) is 123 cm³/mol. The van der Waals surface area contributed by atoms with Crippen LogP contribution in [-0.4, -0.2) is 12.0 Å². The lowest BCUT2D eigenvalue weighted by Crippen LogP contribution is -2.40. The van der Waals surface area contributed by atoms with Crippen molar-refractivity contribution in [1.29, 1.82) is 0 Å². The molecule has 0 heterocycles. The van der Waals surface area contributed by atoms with Crippen molar-refractivity contribution in [3.05, 3.63) is 77.4 Å². The maximum absolute atomic E-state index is 13.0. The molecular weight excluding hydrogens is 370 g/mol. The summed E-state index contributed by atoms with van der Waals surface area (Å²) < 4.78 is 6.09. The molecule has 3 nitrogen and oxygen atoms in total. The van der Waals surface area contributed by atoms with Crippen LogP contribution in [0.3, 0.4) is 0 Å². The first-order valence-corrected chi connectivity index (χ1v) is 11.3. The highest BCUT2D eigenvalue weighted by molar-refractivity contribution is 5.84. The summed E-state index contributed by atoms with van der Waals surface area (Å²) in [6.07, 6.45) is 5.85. The van der Waals surface area contributed by atoms with Gasteiger partial charge in [0.2, 0.25) is 0 Å². The van der Waals surface area contributed by atoms with E-state index >= 15 is 0 Å².